The summed E-state index contributed by atoms with van der Waals surface area (Å²) in [5, 5.41) is 10.6. The number of benzene rings is 2. The molecule has 0 saturated heterocycles. The van der Waals surface area contributed by atoms with E-state index in [4.69, 9.17) is 0 Å². The lowest BCUT2D eigenvalue weighted by Crippen LogP contribution is -2.17. The third-order valence-corrected chi connectivity index (χ3v) is 3.39. The van der Waals surface area contributed by atoms with E-state index in [0.29, 0.717) is 12.1 Å². The summed E-state index contributed by atoms with van der Waals surface area (Å²) in [6, 6.07) is 10.1. The third-order valence-electron chi connectivity index (χ3n) is 3.39. The lowest BCUT2D eigenvalue weighted by Gasteiger charge is -2.22. The molecule has 0 aliphatic heterocycles. The van der Waals surface area contributed by atoms with Crippen LogP contribution in [0.1, 0.15) is 16.7 Å². The van der Waals surface area contributed by atoms with Gasteiger partial charge in [0.15, 0.2) is 0 Å². The van der Waals surface area contributed by atoms with Crippen LogP contribution in [0.2, 0.25) is 0 Å². The minimum atomic E-state index is -0.800. The largest absolute Gasteiger partial charge is 0.370 e. The molecule has 2 rings (SSSR count). The molecule has 0 amide bonds. The molecule has 0 atom stereocenters. The van der Waals surface area contributed by atoms with Gasteiger partial charge in [0.1, 0.15) is 0 Å². The van der Waals surface area contributed by atoms with Crippen molar-refractivity contribution in [3.05, 3.63) is 69.0 Å². The summed E-state index contributed by atoms with van der Waals surface area (Å²) in [4.78, 5) is 11.9. The van der Waals surface area contributed by atoms with Gasteiger partial charge in [-0.05, 0) is 37.1 Å². The van der Waals surface area contributed by atoms with Crippen LogP contribution in [-0.2, 0) is 6.54 Å². The van der Waals surface area contributed by atoms with Crippen LogP contribution >= 0.6 is 0 Å². The van der Waals surface area contributed by atoms with Crippen molar-refractivity contribution in [1.82, 2.24) is 0 Å². The van der Waals surface area contributed by atoms with Gasteiger partial charge < -0.3 is 4.90 Å². The summed E-state index contributed by atoms with van der Waals surface area (Å²) in [6.07, 6.45) is 0. The highest BCUT2D eigenvalue weighted by atomic mass is 19.1. The van der Waals surface area contributed by atoms with Gasteiger partial charge in [-0.2, -0.15) is 4.39 Å². The first kappa shape index (κ1) is 15.0. The predicted molar refractivity (Wildman–Crippen MR) is 81.1 cm³/mol. The van der Waals surface area contributed by atoms with E-state index >= 15 is 0 Å². The SMILES string of the molecule is Cc1ccc(N(C)Cc2ccc([N+](=O)[O-])c(F)c2)c(C)c1. The number of nitro benzene ring substituents is 1. The topological polar surface area (TPSA) is 46.4 Å². The van der Waals surface area contributed by atoms with Crippen molar-refractivity contribution in [2.24, 2.45) is 0 Å². The quantitative estimate of drug-likeness (QED) is 0.631. The van der Waals surface area contributed by atoms with E-state index in [0.717, 1.165) is 11.3 Å². The van der Waals surface area contributed by atoms with Crippen molar-refractivity contribution in [1.29, 1.82) is 0 Å². The molecule has 2 aromatic rings. The zero-order chi connectivity index (χ0) is 15.6. The molecule has 0 spiro atoms. The molecular weight excluding hydrogens is 271 g/mol. The van der Waals surface area contributed by atoms with Gasteiger partial charge in [-0.3, -0.25) is 10.1 Å². The van der Waals surface area contributed by atoms with Crippen molar-refractivity contribution < 1.29 is 9.31 Å². The first-order valence-corrected chi connectivity index (χ1v) is 6.59. The van der Waals surface area contributed by atoms with E-state index in [9.17, 15) is 14.5 Å². The number of halogens is 1. The molecule has 0 unspecified atom stereocenters. The number of rotatable bonds is 4. The summed E-state index contributed by atoms with van der Waals surface area (Å²) >= 11 is 0. The summed E-state index contributed by atoms with van der Waals surface area (Å²) in [5.41, 5.74) is 3.58. The van der Waals surface area contributed by atoms with Crippen molar-refractivity contribution in [2.45, 2.75) is 20.4 Å². The molecule has 0 radical (unpaired) electrons. The Labute approximate surface area is 123 Å². The highest BCUT2D eigenvalue weighted by Crippen LogP contribution is 2.23. The van der Waals surface area contributed by atoms with Crippen LogP contribution in [-0.4, -0.2) is 12.0 Å². The van der Waals surface area contributed by atoms with Crippen molar-refractivity contribution >= 4 is 11.4 Å². The van der Waals surface area contributed by atoms with Crippen LogP contribution in [0, 0.1) is 29.8 Å². The Morgan fingerprint density at radius 2 is 1.90 bits per heavy atom. The Bertz CT molecular complexity index is 686. The smallest absolute Gasteiger partial charge is 0.304 e. The van der Waals surface area contributed by atoms with Gasteiger partial charge in [0.25, 0.3) is 0 Å². The molecule has 0 fully saturated rings. The van der Waals surface area contributed by atoms with Crippen LogP contribution in [0.3, 0.4) is 0 Å². The zero-order valence-corrected chi connectivity index (χ0v) is 12.3. The van der Waals surface area contributed by atoms with Crippen LogP contribution in [0.5, 0.6) is 0 Å². The second-order valence-corrected chi connectivity index (χ2v) is 5.19. The fraction of sp³-hybridized carbons (Fsp3) is 0.250. The molecule has 0 aliphatic carbocycles. The van der Waals surface area contributed by atoms with Gasteiger partial charge >= 0.3 is 5.69 Å². The van der Waals surface area contributed by atoms with Gasteiger partial charge in [0.05, 0.1) is 4.92 Å². The molecule has 5 heteroatoms. The first-order chi connectivity index (χ1) is 9.88. The lowest BCUT2D eigenvalue weighted by atomic mass is 10.1. The Balaban J connectivity index is 2.21. The maximum absolute atomic E-state index is 13.6. The Morgan fingerprint density at radius 1 is 1.19 bits per heavy atom. The fourth-order valence-electron chi connectivity index (χ4n) is 2.39. The van der Waals surface area contributed by atoms with Gasteiger partial charge in [-0.1, -0.05) is 23.8 Å². The van der Waals surface area contributed by atoms with Gasteiger partial charge in [0, 0.05) is 25.3 Å². The third kappa shape index (κ3) is 3.37. The van der Waals surface area contributed by atoms with Crippen molar-refractivity contribution in [2.75, 3.05) is 11.9 Å². The van der Waals surface area contributed by atoms with Crippen LogP contribution in [0.4, 0.5) is 15.8 Å². The Morgan fingerprint density at radius 3 is 2.48 bits per heavy atom. The fourth-order valence-corrected chi connectivity index (χ4v) is 2.39. The Hall–Kier alpha value is -2.43. The number of nitro groups is 1. The van der Waals surface area contributed by atoms with Gasteiger partial charge in [0.2, 0.25) is 5.82 Å². The van der Waals surface area contributed by atoms with E-state index < -0.39 is 16.4 Å². The number of hydrogen-bond donors (Lipinski definition) is 0. The molecule has 4 nitrogen and oxygen atoms in total. The summed E-state index contributed by atoms with van der Waals surface area (Å²) in [6.45, 7) is 4.54. The van der Waals surface area contributed by atoms with E-state index in [2.05, 4.69) is 6.07 Å². The van der Waals surface area contributed by atoms with E-state index in [1.807, 2.05) is 37.9 Å². The summed E-state index contributed by atoms with van der Waals surface area (Å²) < 4.78 is 13.6. The maximum Gasteiger partial charge on any atom is 0.304 e. The average Bonchev–Trinajstić information content (AvgIpc) is 2.37. The summed E-state index contributed by atoms with van der Waals surface area (Å²) in [7, 11) is 1.91. The van der Waals surface area contributed by atoms with Crippen LogP contribution in [0.15, 0.2) is 36.4 Å². The molecule has 0 aromatic heterocycles. The molecule has 21 heavy (non-hydrogen) atoms. The van der Waals surface area contributed by atoms with E-state index in [1.165, 1.54) is 17.7 Å². The van der Waals surface area contributed by atoms with E-state index in [1.54, 1.807) is 6.07 Å². The average molecular weight is 288 g/mol. The number of aryl methyl sites for hydroxylation is 2. The highest BCUT2D eigenvalue weighted by molar-refractivity contribution is 5.54. The van der Waals surface area contributed by atoms with Crippen molar-refractivity contribution in [3.63, 3.8) is 0 Å². The van der Waals surface area contributed by atoms with Crippen molar-refractivity contribution in [3.8, 4) is 0 Å². The molecule has 0 heterocycles. The van der Waals surface area contributed by atoms with Gasteiger partial charge in [-0.15, -0.1) is 0 Å². The second-order valence-electron chi connectivity index (χ2n) is 5.19. The van der Waals surface area contributed by atoms with Gasteiger partial charge in [-0.25, -0.2) is 0 Å². The molecule has 110 valence electrons. The molecule has 0 saturated carbocycles. The predicted octanol–water partition coefficient (Wildman–Crippen LogP) is 3.99. The monoisotopic (exact) mass is 288 g/mol. The normalized spacial score (nSPS) is 10.5. The van der Waals surface area contributed by atoms with Crippen LogP contribution < -0.4 is 4.90 Å². The highest BCUT2D eigenvalue weighted by Gasteiger charge is 2.14. The Kier molecular flexibility index (Phi) is 4.21. The maximum atomic E-state index is 13.6. The molecule has 0 bridgehead atoms. The number of nitrogens with zero attached hydrogens (tertiary/aromatic N) is 2. The lowest BCUT2D eigenvalue weighted by molar-refractivity contribution is -0.387. The van der Waals surface area contributed by atoms with E-state index in [-0.39, 0.29) is 0 Å². The minimum absolute atomic E-state index is 0.485. The molecule has 2 aromatic carbocycles. The molecular formula is C16H17FN2O2. The van der Waals surface area contributed by atoms with Crippen LogP contribution in [0.25, 0.3) is 0 Å². The number of hydrogen-bond acceptors (Lipinski definition) is 3. The zero-order valence-electron chi connectivity index (χ0n) is 12.3. The summed E-state index contributed by atoms with van der Waals surface area (Å²) in [5.74, 6) is -0.800. The molecule has 0 N–H and O–H groups in total. The second kappa shape index (κ2) is 5.91. The minimum Gasteiger partial charge on any atom is -0.370 e. The standard InChI is InChI=1S/C16H17FN2O2/c1-11-4-6-15(12(2)8-11)18(3)10-13-5-7-16(19(20)21)14(17)9-13/h4-9H,10H2,1-3H3. The molecule has 0 aliphatic rings. The number of anilines is 1. The first-order valence-electron chi connectivity index (χ1n) is 6.59.